The number of nitrogens with zero attached hydrogens (tertiary/aromatic N) is 1. The molecular weight excluding hydrogens is 250 g/mol. The van der Waals surface area contributed by atoms with E-state index >= 15 is 0 Å². The lowest BCUT2D eigenvalue weighted by atomic mass is 10.2. The second-order valence-electron chi connectivity index (χ2n) is 5.08. The van der Waals surface area contributed by atoms with Crippen molar-refractivity contribution in [3.8, 4) is 5.75 Å². The van der Waals surface area contributed by atoms with E-state index in [0.717, 1.165) is 22.8 Å². The fraction of sp³-hybridized carbons (Fsp3) is 0.312. The Balaban J connectivity index is 2.07. The number of aryl methyl sites for hydroxylation is 1. The van der Waals surface area contributed by atoms with Crippen LogP contribution in [-0.2, 0) is 6.54 Å². The summed E-state index contributed by atoms with van der Waals surface area (Å²) in [5, 5.41) is 3.32. The molecule has 3 N–H and O–H groups in total. The molecule has 2 aromatic rings. The van der Waals surface area contributed by atoms with Gasteiger partial charge in [-0.25, -0.2) is 0 Å². The van der Waals surface area contributed by atoms with Gasteiger partial charge in [0, 0.05) is 29.2 Å². The van der Waals surface area contributed by atoms with Gasteiger partial charge in [-0.15, -0.1) is 0 Å². The molecule has 1 heterocycles. The standard InChI is InChI=1S/C16H21N3O/c1-11(2)20-16-8-13(17)7-15(9-16)18-10-14-6-4-5-12(3)19-14/h4-9,11,18H,10,17H2,1-3H3. The van der Waals surface area contributed by atoms with Crippen molar-refractivity contribution in [1.29, 1.82) is 0 Å². The molecule has 0 aliphatic rings. The molecule has 0 saturated heterocycles. The molecule has 0 unspecified atom stereocenters. The first-order valence-corrected chi connectivity index (χ1v) is 6.76. The van der Waals surface area contributed by atoms with E-state index in [-0.39, 0.29) is 6.10 Å². The van der Waals surface area contributed by atoms with Crippen molar-refractivity contribution in [3.05, 3.63) is 47.8 Å². The third kappa shape index (κ3) is 4.16. The van der Waals surface area contributed by atoms with Crippen molar-refractivity contribution < 1.29 is 4.74 Å². The maximum Gasteiger partial charge on any atom is 0.123 e. The Hall–Kier alpha value is -2.23. The highest BCUT2D eigenvalue weighted by molar-refractivity contribution is 5.59. The van der Waals surface area contributed by atoms with Crippen LogP contribution >= 0.6 is 0 Å². The number of nitrogen functional groups attached to an aromatic ring is 1. The van der Waals surface area contributed by atoms with Crippen LogP contribution in [0.4, 0.5) is 11.4 Å². The first kappa shape index (κ1) is 14.2. The summed E-state index contributed by atoms with van der Waals surface area (Å²) in [5.74, 6) is 0.778. The van der Waals surface area contributed by atoms with Crippen LogP contribution < -0.4 is 15.8 Å². The third-order valence-electron chi connectivity index (χ3n) is 2.72. The van der Waals surface area contributed by atoms with Crippen LogP contribution in [0.2, 0.25) is 0 Å². The van der Waals surface area contributed by atoms with Crippen LogP contribution in [-0.4, -0.2) is 11.1 Å². The predicted molar refractivity (Wildman–Crippen MR) is 82.9 cm³/mol. The number of hydrogen-bond acceptors (Lipinski definition) is 4. The monoisotopic (exact) mass is 271 g/mol. The fourth-order valence-electron chi connectivity index (χ4n) is 1.95. The lowest BCUT2D eigenvalue weighted by molar-refractivity contribution is 0.242. The molecule has 20 heavy (non-hydrogen) atoms. The highest BCUT2D eigenvalue weighted by Crippen LogP contribution is 2.23. The second-order valence-corrected chi connectivity index (χ2v) is 5.08. The van der Waals surface area contributed by atoms with Crippen molar-refractivity contribution in [2.75, 3.05) is 11.1 Å². The maximum atomic E-state index is 5.89. The summed E-state index contributed by atoms with van der Waals surface area (Å²) in [5.41, 5.74) is 9.52. The molecule has 0 spiro atoms. The van der Waals surface area contributed by atoms with E-state index in [1.807, 2.05) is 57.2 Å². The zero-order valence-corrected chi connectivity index (χ0v) is 12.2. The van der Waals surface area contributed by atoms with Crippen molar-refractivity contribution in [2.24, 2.45) is 0 Å². The zero-order chi connectivity index (χ0) is 14.5. The normalized spacial score (nSPS) is 10.6. The number of benzene rings is 1. The Kier molecular flexibility index (Phi) is 4.45. The van der Waals surface area contributed by atoms with Gasteiger partial charge in [-0.3, -0.25) is 4.98 Å². The average Bonchev–Trinajstić information content (AvgIpc) is 2.35. The molecular formula is C16H21N3O. The summed E-state index contributed by atoms with van der Waals surface area (Å²) in [6.45, 7) is 6.63. The van der Waals surface area contributed by atoms with Gasteiger partial charge < -0.3 is 15.8 Å². The van der Waals surface area contributed by atoms with Crippen LogP contribution in [0, 0.1) is 6.92 Å². The van der Waals surface area contributed by atoms with Gasteiger partial charge in [0.25, 0.3) is 0 Å². The van der Waals surface area contributed by atoms with Gasteiger partial charge >= 0.3 is 0 Å². The molecule has 0 radical (unpaired) electrons. The number of rotatable bonds is 5. The van der Waals surface area contributed by atoms with E-state index < -0.39 is 0 Å². The Morgan fingerprint density at radius 1 is 1.25 bits per heavy atom. The smallest absolute Gasteiger partial charge is 0.123 e. The van der Waals surface area contributed by atoms with Crippen LogP contribution in [0.25, 0.3) is 0 Å². The van der Waals surface area contributed by atoms with Crippen LogP contribution in [0.1, 0.15) is 25.2 Å². The van der Waals surface area contributed by atoms with Crippen LogP contribution in [0.5, 0.6) is 5.75 Å². The number of hydrogen-bond donors (Lipinski definition) is 2. The summed E-state index contributed by atoms with van der Waals surface area (Å²) < 4.78 is 5.67. The van der Waals surface area contributed by atoms with Gasteiger partial charge in [0.1, 0.15) is 5.75 Å². The molecule has 0 atom stereocenters. The minimum atomic E-state index is 0.128. The van der Waals surface area contributed by atoms with Gasteiger partial charge in [-0.1, -0.05) is 6.07 Å². The quantitative estimate of drug-likeness (QED) is 0.818. The van der Waals surface area contributed by atoms with Crippen LogP contribution in [0.3, 0.4) is 0 Å². The number of ether oxygens (including phenoxy) is 1. The Labute approximate surface area is 120 Å². The summed E-state index contributed by atoms with van der Waals surface area (Å²) in [4.78, 5) is 4.46. The second kappa shape index (κ2) is 6.28. The molecule has 4 nitrogen and oxygen atoms in total. The van der Waals surface area contributed by atoms with Gasteiger partial charge in [0.05, 0.1) is 18.3 Å². The zero-order valence-electron chi connectivity index (χ0n) is 12.2. The lowest BCUT2D eigenvalue weighted by Crippen LogP contribution is -2.07. The highest BCUT2D eigenvalue weighted by atomic mass is 16.5. The lowest BCUT2D eigenvalue weighted by Gasteiger charge is -2.13. The Bertz CT molecular complexity index is 582. The average molecular weight is 271 g/mol. The van der Waals surface area contributed by atoms with Crippen molar-refractivity contribution in [1.82, 2.24) is 4.98 Å². The Morgan fingerprint density at radius 2 is 2.05 bits per heavy atom. The number of nitrogens with one attached hydrogen (secondary N) is 1. The molecule has 0 fully saturated rings. The number of aromatic nitrogens is 1. The molecule has 1 aromatic heterocycles. The summed E-state index contributed by atoms with van der Waals surface area (Å²) in [7, 11) is 0. The summed E-state index contributed by atoms with van der Waals surface area (Å²) in [6, 6.07) is 11.7. The van der Waals surface area contributed by atoms with E-state index in [1.165, 1.54) is 0 Å². The summed E-state index contributed by atoms with van der Waals surface area (Å²) >= 11 is 0. The molecule has 0 amide bonds. The molecule has 2 rings (SSSR count). The minimum Gasteiger partial charge on any atom is -0.491 e. The van der Waals surface area contributed by atoms with Gasteiger partial charge in [0.15, 0.2) is 0 Å². The molecule has 4 heteroatoms. The molecule has 1 aromatic carbocycles. The molecule has 106 valence electrons. The van der Waals surface area contributed by atoms with E-state index in [9.17, 15) is 0 Å². The van der Waals surface area contributed by atoms with Crippen molar-refractivity contribution in [3.63, 3.8) is 0 Å². The molecule has 0 aliphatic carbocycles. The van der Waals surface area contributed by atoms with Crippen molar-refractivity contribution >= 4 is 11.4 Å². The minimum absolute atomic E-state index is 0.128. The maximum absolute atomic E-state index is 5.89. The number of nitrogens with two attached hydrogens (primary N) is 1. The topological polar surface area (TPSA) is 60.2 Å². The molecule has 0 bridgehead atoms. The van der Waals surface area contributed by atoms with Gasteiger partial charge in [-0.05, 0) is 39.0 Å². The summed E-state index contributed by atoms with van der Waals surface area (Å²) in [6.07, 6.45) is 0.128. The van der Waals surface area contributed by atoms with E-state index in [0.29, 0.717) is 12.2 Å². The predicted octanol–water partition coefficient (Wildman–Crippen LogP) is 3.37. The van der Waals surface area contributed by atoms with Crippen molar-refractivity contribution in [2.45, 2.75) is 33.4 Å². The Morgan fingerprint density at radius 3 is 2.75 bits per heavy atom. The van der Waals surface area contributed by atoms with E-state index in [4.69, 9.17) is 10.5 Å². The first-order valence-electron chi connectivity index (χ1n) is 6.76. The van der Waals surface area contributed by atoms with Gasteiger partial charge in [-0.2, -0.15) is 0 Å². The van der Waals surface area contributed by atoms with Gasteiger partial charge in [0.2, 0.25) is 0 Å². The number of pyridine rings is 1. The van der Waals surface area contributed by atoms with E-state index in [1.54, 1.807) is 0 Å². The fourth-order valence-corrected chi connectivity index (χ4v) is 1.95. The SMILES string of the molecule is Cc1cccc(CNc2cc(N)cc(OC(C)C)c2)n1. The molecule has 0 saturated carbocycles. The highest BCUT2D eigenvalue weighted by Gasteiger charge is 2.03. The van der Waals surface area contributed by atoms with E-state index in [2.05, 4.69) is 10.3 Å². The molecule has 0 aliphatic heterocycles. The largest absolute Gasteiger partial charge is 0.491 e. The first-order chi connectivity index (χ1) is 9.52. The van der Waals surface area contributed by atoms with Crippen LogP contribution in [0.15, 0.2) is 36.4 Å². The number of anilines is 2. The third-order valence-corrected chi connectivity index (χ3v) is 2.72.